The molecule has 1 fully saturated rings. The van der Waals surface area contributed by atoms with Gasteiger partial charge in [0.1, 0.15) is 36.2 Å². The number of hydrogen-bond donors (Lipinski definition) is 0. The van der Waals surface area contributed by atoms with Crippen LogP contribution in [-0.4, -0.2) is 100 Å². The van der Waals surface area contributed by atoms with E-state index in [9.17, 15) is 9.59 Å². The molecule has 0 spiro atoms. The van der Waals surface area contributed by atoms with Crippen LogP contribution in [0, 0.1) is 0 Å². The maximum atomic E-state index is 12.8. The number of hydrogen-bond acceptors (Lipinski definition) is 9. The number of carbonyl (C=O) groups excluding carboxylic acids is 2. The molecule has 1 atom stereocenters. The summed E-state index contributed by atoms with van der Waals surface area (Å²) in [6.07, 6.45) is 0. The van der Waals surface area contributed by atoms with Crippen molar-refractivity contribution < 1.29 is 33.3 Å². The molecule has 0 N–H and O–H groups in total. The fourth-order valence-electron chi connectivity index (χ4n) is 6.93. The summed E-state index contributed by atoms with van der Waals surface area (Å²) >= 11 is 0. The Balaban J connectivity index is 0.000000176. The normalized spacial score (nSPS) is 14.9. The lowest BCUT2D eigenvalue weighted by Crippen LogP contribution is -2.44. The van der Waals surface area contributed by atoms with Crippen LogP contribution >= 0.6 is 0 Å². The van der Waals surface area contributed by atoms with Gasteiger partial charge in [-0.1, -0.05) is 38.1 Å². The van der Waals surface area contributed by atoms with Gasteiger partial charge in [-0.2, -0.15) is 0 Å². The van der Waals surface area contributed by atoms with Gasteiger partial charge in [0, 0.05) is 59.1 Å². The maximum absolute atomic E-state index is 12.8. The second-order valence-electron chi connectivity index (χ2n) is 12.8. The van der Waals surface area contributed by atoms with E-state index in [1.165, 1.54) is 0 Å². The third kappa shape index (κ3) is 7.66. The molecule has 9 nitrogen and oxygen atoms in total. The molecule has 4 aromatic rings. The predicted molar refractivity (Wildman–Crippen MR) is 199 cm³/mol. The van der Waals surface area contributed by atoms with Gasteiger partial charge >= 0.3 is 0 Å². The SMILES string of the molecule is CCOc1ccc2c(c1)C(=O)c1cccc(OCCN(CC)CC)c1-2.COc1ccc2c(c1)C(=O)c1cccc(OCC(C)N3CCOCC3)c1-2. The van der Waals surface area contributed by atoms with Gasteiger partial charge in [0.05, 0.1) is 26.9 Å². The van der Waals surface area contributed by atoms with Crippen LogP contribution in [0.15, 0.2) is 72.8 Å². The second-order valence-corrected chi connectivity index (χ2v) is 12.8. The molecule has 7 rings (SSSR count). The zero-order valence-corrected chi connectivity index (χ0v) is 30.3. The highest BCUT2D eigenvalue weighted by Gasteiger charge is 2.31. The lowest BCUT2D eigenvalue weighted by Gasteiger charge is -2.32. The van der Waals surface area contributed by atoms with Crippen LogP contribution in [0.4, 0.5) is 0 Å². The largest absolute Gasteiger partial charge is 0.497 e. The van der Waals surface area contributed by atoms with Crippen molar-refractivity contribution >= 4 is 11.6 Å². The van der Waals surface area contributed by atoms with Gasteiger partial charge < -0.3 is 28.6 Å². The second kappa shape index (κ2) is 16.5. The average Bonchev–Trinajstić information content (AvgIpc) is 3.63. The first-order chi connectivity index (χ1) is 24.9. The molecule has 0 bridgehead atoms. The van der Waals surface area contributed by atoms with Gasteiger partial charge in [-0.3, -0.25) is 14.5 Å². The van der Waals surface area contributed by atoms with Gasteiger partial charge in [0.25, 0.3) is 0 Å². The number of rotatable bonds is 13. The van der Waals surface area contributed by atoms with E-state index in [1.807, 2.05) is 73.7 Å². The molecule has 51 heavy (non-hydrogen) atoms. The molecule has 1 saturated heterocycles. The third-order valence-corrected chi connectivity index (χ3v) is 9.81. The smallest absolute Gasteiger partial charge is 0.194 e. The molecule has 9 heteroatoms. The molecule has 1 aliphatic heterocycles. The summed E-state index contributed by atoms with van der Waals surface area (Å²) in [5.41, 5.74) is 6.43. The van der Waals surface area contributed by atoms with Crippen LogP contribution < -0.4 is 18.9 Å². The highest BCUT2D eigenvalue weighted by atomic mass is 16.5. The Labute approximate surface area is 301 Å². The Morgan fingerprint density at radius 2 is 1.27 bits per heavy atom. The molecule has 0 aromatic heterocycles. The summed E-state index contributed by atoms with van der Waals surface area (Å²) in [5.74, 6) is 3.03. The summed E-state index contributed by atoms with van der Waals surface area (Å²) < 4.78 is 28.4. The van der Waals surface area contributed by atoms with E-state index in [-0.39, 0.29) is 11.6 Å². The van der Waals surface area contributed by atoms with Crippen molar-refractivity contribution in [2.75, 3.05) is 72.9 Å². The number of carbonyl (C=O) groups is 2. The lowest BCUT2D eigenvalue weighted by molar-refractivity contribution is 0.0106. The topological polar surface area (TPSA) is 86.8 Å². The summed E-state index contributed by atoms with van der Waals surface area (Å²) in [6.45, 7) is 16.5. The quantitative estimate of drug-likeness (QED) is 0.127. The fourth-order valence-corrected chi connectivity index (χ4v) is 6.93. The molecule has 268 valence electrons. The molecule has 1 unspecified atom stereocenters. The molecule has 4 aromatic carbocycles. The molecular formula is C42H48N2O7. The molecule has 3 aliphatic rings. The number of ketones is 2. The number of nitrogens with zero attached hydrogens (tertiary/aromatic N) is 2. The van der Waals surface area contributed by atoms with Crippen LogP contribution in [0.2, 0.25) is 0 Å². The Morgan fingerprint density at radius 3 is 1.84 bits per heavy atom. The number of ether oxygens (including phenoxy) is 5. The average molecular weight is 693 g/mol. The monoisotopic (exact) mass is 692 g/mol. The molecule has 0 radical (unpaired) electrons. The number of likely N-dealkylation sites (N-methyl/N-ethyl adjacent to an activating group) is 1. The van der Waals surface area contributed by atoms with Crippen molar-refractivity contribution in [2.45, 2.75) is 33.7 Å². The van der Waals surface area contributed by atoms with E-state index in [2.05, 4.69) is 30.6 Å². The molecular weight excluding hydrogens is 644 g/mol. The zero-order chi connectivity index (χ0) is 35.9. The summed E-state index contributed by atoms with van der Waals surface area (Å²) in [7, 11) is 1.61. The van der Waals surface area contributed by atoms with Crippen molar-refractivity contribution in [1.82, 2.24) is 9.80 Å². The Hall–Kier alpha value is -4.70. The molecule has 0 amide bonds. The van der Waals surface area contributed by atoms with E-state index in [4.69, 9.17) is 23.7 Å². The lowest BCUT2D eigenvalue weighted by atomic mass is 10.0. The predicted octanol–water partition coefficient (Wildman–Crippen LogP) is 7.02. The molecule has 0 saturated carbocycles. The van der Waals surface area contributed by atoms with Crippen molar-refractivity contribution in [3.8, 4) is 45.3 Å². The summed E-state index contributed by atoms with van der Waals surface area (Å²) in [6, 6.07) is 23.0. The van der Waals surface area contributed by atoms with E-state index < -0.39 is 0 Å². The minimum absolute atomic E-state index is 0.0283. The van der Waals surface area contributed by atoms with Gasteiger partial charge in [-0.15, -0.1) is 0 Å². The highest BCUT2D eigenvalue weighted by molar-refractivity contribution is 6.23. The number of fused-ring (bicyclic) bond motifs is 6. The number of methoxy groups -OCH3 is 1. The highest BCUT2D eigenvalue weighted by Crippen LogP contribution is 2.45. The summed E-state index contributed by atoms with van der Waals surface area (Å²) in [4.78, 5) is 30.2. The van der Waals surface area contributed by atoms with Crippen LogP contribution in [0.1, 0.15) is 59.5 Å². The van der Waals surface area contributed by atoms with E-state index in [0.717, 1.165) is 85.4 Å². The van der Waals surface area contributed by atoms with Gasteiger partial charge in [0.2, 0.25) is 0 Å². The standard InChI is InChI=1S/C21H23NO4.C21H25NO3/c1-14(22-8-10-25-11-9-22)13-26-19-5-3-4-17-20(19)16-7-6-15(24-2)12-18(16)21(17)23;1-4-22(5-2)12-13-25-19-9-7-8-17-20(19)16-11-10-15(24-6-3)14-18(16)21(17)23/h3-7,12,14H,8-11,13H2,1-2H3;7-11,14H,4-6,12-13H2,1-3H3. The Kier molecular flexibility index (Phi) is 11.7. The first kappa shape index (κ1) is 36.1. The Morgan fingerprint density at radius 1 is 0.706 bits per heavy atom. The van der Waals surface area contributed by atoms with Crippen LogP contribution in [0.5, 0.6) is 23.0 Å². The minimum atomic E-state index is 0.0283. The first-order valence-corrected chi connectivity index (χ1v) is 18.0. The van der Waals surface area contributed by atoms with E-state index >= 15 is 0 Å². The van der Waals surface area contributed by atoms with E-state index in [0.29, 0.717) is 53.9 Å². The van der Waals surface area contributed by atoms with Crippen LogP contribution in [0.25, 0.3) is 22.3 Å². The zero-order valence-electron chi connectivity index (χ0n) is 30.3. The van der Waals surface area contributed by atoms with Crippen molar-refractivity contribution in [2.24, 2.45) is 0 Å². The van der Waals surface area contributed by atoms with Gasteiger partial charge in [-0.25, -0.2) is 0 Å². The van der Waals surface area contributed by atoms with Gasteiger partial charge in [-0.05, 0) is 86.6 Å². The Bertz CT molecular complexity index is 1860. The summed E-state index contributed by atoms with van der Waals surface area (Å²) in [5, 5.41) is 0. The van der Waals surface area contributed by atoms with Crippen molar-refractivity contribution in [3.05, 3.63) is 95.1 Å². The van der Waals surface area contributed by atoms with Crippen molar-refractivity contribution in [1.29, 1.82) is 0 Å². The van der Waals surface area contributed by atoms with Gasteiger partial charge in [0.15, 0.2) is 11.6 Å². The molecule has 1 heterocycles. The number of benzene rings is 4. The van der Waals surface area contributed by atoms with E-state index in [1.54, 1.807) is 13.2 Å². The van der Waals surface area contributed by atoms with Crippen LogP contribution in [0.3, 0.4) is 0 Å². The van der Waals surface area contributed by atoms with Crippen molar-refractivity contribution in [3.63, 3.8) is 0 Å². The third-order valence-electron chi connectivity index (χ3n) is 9.81. The number of morpholine rings is 1. The minimum Gasteiger partial charge on any atom is -0.497 e. The first-order valence-electron chi connectivity index (χ1n) is 18.0. The maximum Gasteiger partial charge on any atom is 0.194 e. The molecule has 2 aliphatic carbocycles. The fraction of sp³-hybridized carbons (Fsp3) is 0.381. The van der Waals surface area contributed by atoms with Crippen LogP contribution in [-0.2, 0) is 4.74 Å².